The Labute approximate surface area is 119 Å². The molecule has 1 rings (SSSR count). The highest BCUT2D eigenvalue weighted by Gasteiger charge is 2.09. The average molecular weight is 281 g/mol. The van der Waals surface area contributed by atoms with E-state index >= 15 is 0 Å². The summed E-state index contributed by atoms with van der Waals surface area (Å²) in [4.78, 5) is 13.7. The molecule has 0 aliphatic rings. The summed E-state index contributed by atoms with van der Waals surface area (Å²) in [5.74, 6) is -0.105. The van der Waals surface area contributed by atoms with Crippen LogP contribution >= 0.6 is 0 Å². The highest BCUT2D eigenvalue weighted by molar-refractivity contribution is 5.91. The Morgan fingerprint density at radius 2 is 1.80 bits per heavy atom. The molecule has 0 aliphatic carbocycles. The zero-order chi connectivity index (χ0) is 14.8. The van der Waals surface area contributed by atoms with Crippen molar-refractivity contribution in [1.82, 2.24) is 4.90 Å². The third-order valence-corrected chi connectivity index (χ3v) is 3.00. The molecule has 0 spiro atoms. The van der Waals surface area contributed by atoms with Gasteiger partial charge in [0.2, 0.25) is 5.91 Å². The number of hydrogen-bond acceptors (Lipinski definition) is 5. The summed E-state index contributed by atoms with van der Waals surface area (Å²) in [6.07, 6.45) is 0.304. The summed E-state index contributed by atoms with van der Waals surface area (Å²) in [5.41, 5.74) is 7.24. The molecule has 6 heteroatoms. The molecule has 0 aliphatic heterocycles. The van der Waals surface area contributed by atoms with Crippen molar-refractivity contribution in [3.8, 4) is 0 Å². The fourth-order valence-corrected chi connectivity index (χ4v) is 1.91. The van der Waals surface area contributed by atoms with E-state index in [0.717, 1.165) is 11.3 Å². The first-order valence-electron chi connectivity index (χ1n) is 6.73. The zero-order valence-corrected chi connectivity index (χ0v) is 11.6. The number of rotatable bonds is 9. The van der Waals surface area contributed by atoms with E-state index in [0.29, 0.717) is 32.6 Å². The van der Waals surface area contributed by atoms with Gasteiger partial charge in [0, 0.05) is 38.3 Å². The minimum absolute atomic E-state index is 0.0115. The van der Waals surface area contributed by atoms with Crippen LogP contribution < -0.4 is 11.1 Å². The Balaban J connectivity index is 2.46. The maximum atomic E-state index is 11.9. The molecule has 5 N–H and O–H groups in total. The number of aliphatic hydroxyl groups excluding tert-OH is 2. The van der Waals surface area contributed by atoms with E-state index in [1.165, 1.54) is 0 Å². The van der Waals surface area contributed by atoms with Gasteiger partial charge in [-0.2, -0.15) is 0 Å². The van der Waals surface area contributed by atoms with Crippen LogP contribution in [0.15, 0.2) is 24.3 Å². The number of nitrogens with two attached hydrogens (primary N) is 1. The van der Waals surface area contributed by atoms with E-state index in [1.54, 1.807) is 0 Å². The minimum atomic E-state index is -0.105. The standard InChI is InChI=1S/C14H23N3O3/c15-11-12-3-1-2-4-13(12)16-14(20)5-6-17(7-9-18)8-10-19/h1-4,18-19H,5-11,15H2,(H,16,20). The Hall–Kier alpha value is -1.47. The first-order valence-corrected chi connectivity index (χ1v) is 6.73. The molecule has 1 aromatic rings. The summed E-state index contributed by atoms with van der Waals surface area (Å²) >= 11 is 0. The van der Waals surface area contributed by atoms with Crippen LogP contribution in [0.5, 0.6) is 0 Å². The van der Waals surface area contributed by atoms with Crippen molar-refractivity contribution in [3.05, 3.63) is 29.8 Å². The number of anilines is 1. The quantitative estimate of drug-likeness (QED) is 0.501. The van der Waals surface area contributed by atoms with Crippen molar-refractivity contribution in [1.29, 1.82) is 0 Å². The first kappa shape index (κ1) is 16.6. The molecule has 20 heavy (non-hydrogen) atoms. The van der Waals surface area contributed by atoms with Crippen LogP contribution in [0.2, 0.25) is 0 Å². The Morgan fingerprint density at radius 3 is 2.40 bits per heavy atom. The largest absolute Gasteiger partial charge is 0.395 e. The molecule has 1 aromatic carbocycles. The van der Waals surface area contributed by atoms with Crippen molar-refractivity contribution in [2.24, 2.45) is 5.73 Å². The predicted octanol–water partition coefficient (Wildman–Crippen LogP) is -0.239. The van der Waals surface area contributed by atoms with Gasteiger partial charge in [-0.3, -0.25) is 9.69 Å². The number of hydrogen-bond donors (Lipinski definition) is 4. The molecule has 0 aromatic heterocycles. The Morgan fingerprint density at radius 1 is 1.15 bits per heavy atom. The lowest BCUT2D eigenvalue weighted by atomic mass is 10.1. The van der Waals surface area contributed by atoms with Gasteiger partial charge in [0.15, 0.2) is 0 Å². The number of amides is 1. The summed E-state index contributed by atoms with van der Waals surface area (Å²) in [6.45, 7) is 1.80. The third-order valence-electron chi connectivity index (χ3n) is 3.00. The first-order chi connectivity index (χ1) is 9.71. The third kappa shape index (κ3) is 5.66. The van der Waals surface area contributed by atoms with E-state index in [2.05, 4.69) is 5.32 Å². The number of para-hydroxylation sites is 1. The topological polar surface area (TPSA) is 98.8 Å². The lowest BCUT2D eigenvalue weighted by Gasteiger charge is -2.19. The van der Waals surface area contributed by atoms with Gasteiger partial charge in [-0.1, -0.05) is 18.2 Å². The molecule has 0 saturated heterocycles. The zero-order valence-electron chi connectivity index (χ0n) is 11.6. The average Bonchev–Trinajstić information content (AvgIpc) is 2.46. The maximum Gasteiger partial charge on any atom is 0.225 e. The molecular weight excluding hydrogens is 258 g/mol. The number of carbonyl (C=O) groups excluding carboxylic acids is 1. The van der Waals surface area contributed by atoms with Gasteiger partial charge in [-0.25, -0.2) is 0 Å². The number of nitrogens with zero attached hydrogens (tertiary/aromatic N) is 1. The summed E-state index contributed by atoms with van der Waals surface area (Å²) < 4.78 is 0. The molecule has 6 nitrogen and oxygen atoms in total. The molecule has 1 amide bonds. The van der Waals surface area contributed by atoms with E-state index in [1.807, 2.05) is 29.2 Å². The molecule has 0 heterocycles. The monoisotopic (exact) mass is 281 g/mol. The lowest BCUT2D eigenvalue weighted by Crippen LogP contribution is -2.32. The van der Waals surface area contributed by atoms with Gasteiger partial charge in [0.25, 0.3) is 0 Å². The van der Waals surface area contributed by atoms with Crippen LogP contribution in [0.3, 0.4) is 0 Å². The number of aliphatic hydroxyl groups is 2. The van der Waals surface area contributed by atoms with Gasteiger partial charge < -0.3 is 21.3 Å². The molecular formula is C14H23N3O3. The Bertz CT molecular complexity index is 406. The van der Waals surface area contributed by atoms with Crippen LogP contribution in [0, 0.1) is 0 Å². The second kappa shape index (κ2) is 9.44. The maximum absolute atomic E-state index is 11.9. The van der Waals surface area contributed by atoms with E-state index in [-0.39, 0.29) is 19.1 Å². The van der Waals surface area contributed by atoms with Gasteiger partial charge >= 0.3 is 0 Å². The smallest absolute Gasteiger partial charge is 0.225 e. The van der Waals surface area contributed by atoms with Crippen molar-refractivity contribution in [2.45, 2.75) is 13.0 Å². The van der Waals surface area contributed by atoms with Crippen LogP contribution in [0.4, 0.5) is 5.69 Å². The predicted molar refractivity (Wildman–Crippen MR) is 78.2 cm³/mol. The van der Waals surface area contributed by atoms with Crippen LogP contribution in [0.25, 0.3) is 0 Å². The van der Waals surface area contributed by atoms with Gasteiger partial charge in [-0.15, -0.1) is 0 Å². The van der Waals surface area contributed by atoms with Crippen LogP contribution in [-0.2, 0) is 11.3 Å². The Kier molecular flexibility index (Phi) is 7.82. The highest BCUT2D eigenvalue weighted by Crippen LogP contribution is 2.14. The normalized spacial score (nSPS) is 10.8. The van der Waals surface area contributed by atoms with Gasteiger partial charge in [0.1, 0.15) is 0 Å². The van der Waals surface area contributed by atoms with Crippen LogP contribution in [-0.4, -0.2) is 53.9 Å². The van der Waals surface area contributed by atoms with Crippen LogP contribution in [0.1, 0.15) is 12.0 Å². The fourth-order valence-electron chi connectivity index (χ4n) is 1.91. The molecule has 0 fully saturated rings. The lowest BCUT2D eigenvalue weighted by molar-refractivity contribution is -0.116. The van der Waals surface area contributed by atoms with Crippen molar-refractivity contribution >= 4 is 11.6 Å². The second-order valence-corrected chi connectivity index (χ2v) is 4.45. The molecule has 112 valence electrons. The highest BCUT2D eigenvalue weighted by atomic mass is 16.3. The van der Waals surface area contributed by atoms with Crippen molar-refractivity contribution < 1.29 is 15.0 Å². The molecule has 0 saturated carbocycles. The van der Waals surface area contributed by atoms with E-state index in [4.69, 9.17) is 15.9 Å². The van der Waals surface area contributed by atoms with Gasteiger partial charge in [-0.05, 0) is 11.6 Å². The molecule has 0 radical (unpaired) electrons. The summed E-state index contributed by atoms with van der Waals surface area (Å²) in [6, 6.07) is 7.42. The summed E-state index contributed by atoms with van der Waals surface area (Å²) in [5, 5.41) is 20.6. The van der Waals surface area contributed by atoms with Gasteiger partial charge in [0.05, 0.1) is 13.2 Å². The number of carbonyl (C=O) groups is 1. The fraction of sp³-hybridized carbons (Fsp3) is 0.500. The second-order valence-electron chi connectivity index (χ2n) is 4.45. The molecule has 0 bridgehead atoms. The van der Waals surface area contributed by atoms with Crippen molar-refractivity contribution in [3.63, 3.8) is 0 Å². The SMILES string of the molecule is NCc1ccccc1NC(=O)CCN(CCO)CCO. The molecule has 0 atom stereocenters. The number of benzene rings is 1. The van der Waals surface area contributed by atoms with E-state index < -0.39 is 0 Å². The molecule has 0 unspecified atom stereocenters. The van der Waals surface area contributed by atoms with Crippen molar-refractivity contribution in [2.75, 3.05) is 38.2 Å². The number of nitrogens with one attached hydrogen (secondary N) is 1. The van der Waals surface area contributed by atoms with E-state index in [9.17, 15) is 4.79 Å². The summed E-state index contributed by atoms with van der Waals surface area (Å²) in [7, 11) is 0. The minimum Gasteiger partial charge on any atom is -0.395 e.